The summed E-state index contributed by atoms with van der Waals surface area (Å²) in [7, 11) is 0. The Hall–Kier alpha value is -1.42. The summed E-state index contributed by atoms with van der Waals surface area (Å²) in [5.41, 5.74) is 2.10. The fourth-order valence-corrected chi connectivity index (χ4v) is 3.27. The predicted octanol–water partition coefficient (Wildman–Crippen LogP) is 5.06. The molecule has 0 saturated heterocycles. The van der Waals surface area contributed by atoms with Gasteiger partial charge in [0.1, 0.15) is 0 Å². The number of hydrogen-bond acceptors (Lipinski definition) is 2. The van der Waals surface area contributed by atoms with E-state index in [-0.39, 0.29) is 5.91 Å². The van der Waals surface area contributed by atoms with Gasteiger partial charge in [-0.3, -0.25) is 4.79 Å². The Morgan fingerprint density at radius 1 is 1.09 bits per heavy atom. The molecule has 5 heteroatoms. The van der Waals surface area contributed by atoms with Crippen molar-refractivity contribution in [2.24, 2.45) is 0 Å². The molecule has 2 aromatic rings. The average Bonchev–Trinajstić information content (AvgIpc) is 2.53. The molecule has 2 aromatic carbocycles. The van der Waals surface area contributed by atoms with Crippen LogP contribution in [0.4, 0.5) is 0 Å². The van der Waals surface area contributed by atoms with E-state index in [1.807, 2.05) is 18.2 Å². The van der Waals surface area contributed by atoms with Crippen molar-refractivity contribution in [3.8, 4) is 0 Å². The number of benzene rings is 2. The number of hydrogen-bond donors (Lipinski definition) is 1. The van der Waals surface area contributed by atoms with E-state index in [0.29, 0.717) is 16.6 Å². The smallest absolute Gasteiger partial charge is 0.244 e. The van der Waals surface area contributed by atoms with Gasteiger partial charge >= 0.3 is 0 Å². The van der Waals surface area contributed by atoms with Crippen molar-refractivity contribution in [1.82, 2.24) is 5.32 Å². The first-order chi connectivity index (χ1) is 11.1. The Bertz CT molecular complexity index is 654. The lowest BCUT2D eigenvalue weighted by atomic mass is 10.2. The summed E-state index contributed by atoms with van der Waals surface area (Å²) in [6, 6.07) is 15.4. The van der Waals surface area contributed by atoms with E-state index in [0.717, 1.165) is 17.1 Å². The maximum atomic E-state index is 11.7. The van der Waals surface area contributed by atoms with Crippen LogP contribution in [0.3, 0.4) is 0 Å². The number of carbonyl (C=O) groups excluding carboxylic acids is 1. The highest BCUT2D eigenvalue weighted by molar-refractivity contribution is 7.98. The monoisotopic (exact) mass is 365 g/mol. The number of rotatable bonds is 7. The first-order valence-corrected chi connectivity index (χ1v) is 9.08. The van der Waals surface area contributed by atoms with Crippen molar-refractivity contribution in [2.75, 3.05) is 12.3 Å². The van der Waals surface area contributed by atoms with Crippen LogP contribution in [-0.4, -0.2) is 18.2 Å². The van der Waals surface area contributed by atoms with Crippen LogP contribution in [0.25, 0.3) is 6.08 Å². The minimum absolute atomic E-state index is 0.124. The maximum absolute atomic E-state index is 11.7. The van der Waals surface area contributed by atoms with Gasteiger partial charge in [-0.1, -0.05) is 53.5 Å². The third-order valence-electron chi connectivity index (χ3n) is 2.97. The van der Waals surface area contributed by atoms with Gasteiger partial charge < -0.3 is 5.32 Å². The molecule has 0 aromatic heterocycles. The molecule has 0 atom stereocenters. The molecule has 0 fully saturated rings. The Balaban J connectivity index is 1.67. The highest BCUT2D eigenvalue weighted by Gasteiger charge is 1.98. The van der Waals surface area contributed by atoms with Crippen LogP contribution < -0.4 is 5.32 Å². The van der Waals surface area contributed by atoms with Gasteiger partial charge in [0.15, 0.2) is 0 Å². The molecule has 1 amide bonds. The fraction of sp³-hybridized carbons (Fsp3) is 0.167. The third-order valence-corrected chi connectivity index (χ3v) is 4.44. The van der Waals surface area contributed by atoms with Crippen LogP contribution in [0, 0.1) is 0 Å². The molecule has 0 aliphatic carbocycles. The Morgan fingerprint density at radius 3 is 2.48 bits per heavy atom. The third kappa shape index (κ3) is 7.12. The van der Waals surface area contributed by atoms with E-state index in [4.69, 9.17) is 23.2 Å². The van der Waals surface area contributed by atoms with E-state index < -0.39 is 0 Å². The van der Waals surface area contributed by atoms with Gasteiger partial charge in [-0.2, -0.15) is 11.8 Å². The zero-order chi connectivity index (χ0) is 16.5. The summed E-state index contributed by atoms with van der Waals surface area (Å²) in [5.74, 6) is 1.70. The van der Waals surface area contributed by atoms with Gasteiger partial charge in [-0.25, -0.2) is 0 Å². The molecule has 0 unspecified atom stereocenters. The van der Waals surface area contributed by atoms with E-state index in [1.54, 1.807) is 36.0 Å². The van der Waals surface area contributed by atoms with Crippen LogP contribution >= 0.6 is 35.0 Å². The van der Waals surface area contributed by atoms with E-state index in [1.165, 1.54) is 11.6 Å². The molecule has 1 N–H and O–H groups in total. The van der Waals surface area contributed by atoms with Gasteiger partial charge in [-0.15, -0.1) is 0 Å². The van der Waals surface area contributed by atoms with E-state index in [2.05, 4.69) is 17.4 Å². The van der Waals surface area contributed by atoms with Crippen molar-refractivity contribution in [3.05, 3.63) is 75.8 Å². The second-order valence-electron chi connectivity index (χ2n) is 4.87. The molecule has 0 aliphatic heterocycles. The van der Waals surface area contributed by atoms with Crippen molar-refractivity contribution in [2.45, 2.75) is 5.75 Å². The average molecular weight is 366 g/mol. The molecule has 0 bridgehead atoms. The summed E-state index contributed by atoms with van der Waals surface area (Å²) >= 11 is 13.6. The minimum atomic E-state index is -0.124. The van der Waals surface area contributed by atoms with Crippen LogP contribution in [0.15, 0.2) is 54.6 Å². The summed E-state index contributed by atoms with van der Waals surface area (Å²) in [6.45, 7) is 0.636. The topological polar surface area (TPSA) is 29.1 Å². The van der Waals surface area contributed by atoms with Gasteiger partial charge in [0.25, 0.3) is 0 Å². The zero-order valence-electron chi connectivity index (χ0n) is 12.5. The van der Waals surface area contributed by atoms with Crippen LogP contribution in [0.1, 0.15) is 11.1 Å². The van der Waals surface area contributed by atoms with Gasteiger partial charge in [0.2, 0.25) is 5.91 Å². The number of nitrogens with one attached hydrogen (secondary N) is 1. The van der Waals surface area contributed by atoms with Crippen molar-refractivity contribution in [3.63, 3.8) is 0 Å². The van der Waals surface area contributed by atoms with Gasteiger partial charge in [-0.05, 0) is 35.4 Å². The molecule has 2 nitrogen and oxygen atoms in total. The molecule has 0 aliphatic rings. The number of thioether (sulfide) groups is 1. The first kappa shape index (κ1) is 17.9. The Labute approximate surface area is 150 Å². The van der Waals surface area contributed by atoms with Crippen LogP contribution in [-0.2, 0) is 10.5 Å². The highest BCUT2D eigenvalue weighted by Crippen LogP contribution is 2.19. The second kappa shape index (κ2) is 9.66. The molecule has 23 heavy (non-hydrogen) atoms. The summed E-state index contributed by atoms with van der Waals surface area (Å²) in [4.78, 5) is 11.7. The summed E-state index contributed by atoms with van der Waals surface area (Å²) in [5, 5.41) is 3.96. The van der Waals surface area contributed by atoms with Crippen LogP contribution in [0.2, 0.25) is 10.0 Å². The van der Waals surface area contributed by atoms with Gasteiger partial charge in [0.05, 0.1) is 0 Å². The largest absolute Gasteiger partial charge is 0.352 e. The van der Waals surface area contributed by atoms with Crippen molar-refractivity contribution >= 4 is 46.9 Å². The van der Waals surface area contributed by atoms with E-state index in [9.17, 15) is 4.79 Å². The number of carbonyl (C=O) groups is 1. The predicted molar refractivity (Wildman–Crippen MR) is 101 cm³/mol. The molecule has 0 saturated carbocycles. The quantitative estimate of drug-likeness (QED) is 0.548. The minimum Gasteiger partial charge on any atom is -0.352 e. The zero-order valence-corrected chi connectivity index (χ0v) is 14.8. The number of halogens is 2. The standard InChI is InChI=1S/C18H17Cl2NOS/c19-16-10-15(11-17(20)12-16)6-7-18(22)21-8-9-23-13-14-4-2-1-3-5-14/h1-7,10-12H,8-9,13H2,(H,21,22)/b7-6+. The molecular formula is C18H17Cl2NOS. The van der Waals surface area contributed by atoms with Crippen molar-refractivity contribution in [1.29, 1.82) is 0 Å². The molecule has 0 radical (unpaired) electrons. The molecule has 120 valence electrons. The molecule has 0 heterocycles. The maximum Gasteiger partial charge on any atom is 0.244 e. The highest BCUT2D eigenvalue weighted by atomic mass is 35.5. The normalized spacial score (nSPS) is 10.9. The second-order valence-corrected chi connectivity index (χ2v) is 6.84. The SMILES string of the molecule is O=C(/C=C/c1cc(Cl)cc(Cl)c1)NCCSCc1ccccc1. The lowest BCUT2D eigenvalue weighted by Crippen LogP contribution is -2.23. The van der Waals surface area contributed by atoms with Gasteiger partial charge in [0, 0.05) is 34.2 Å². The summed E-state index contributed by atoms with van der Waals surface area (Å²) < 4.78 is 0. The fourth-order valence-electron chi connectivity index (χ4n) is 1.91. The molecular weight excluding hydrogens is 349 g/mol. The van der Waals surface area contributed by atoms with Crippen LogP contribution in [0.5, 0.6) is 0 Å². The lowest BCUT2D eigenvalue weighted by Gasteiger charge is -2.03. The molecule has 2 rings (SSSR count). The molecule has 0 spiro atoms. The lowest BCUT2D eigenvalue weighted by molar-refractivity contribution is -0.116. The number of amides is 1. The Morgan fingerprint density at radius 2 is 1.78 bits per heavy atom. The first-order valence-electron chi connectivity index (χ1n) is 7.17. The van der Waals surface area contributed by atoms with E-state index >= 15 is 0 Å². The summed E-state index contributed by atoms with van der Waals surface area (Å²) in [6.07, 6.45) is 3.19. The Kier molecular flexibility index (Phi) is 7.53. The van der Waals surface area contributed by atoms with Crippen molar-refractivity contribution < 1.29 is 4.79 Å².